The SMILES string of the molecule is Cn1c(=O)c2ccccc2n2c(SCc3nc4ccccc4c(=O)n3-c3ccc(F)cc3)nnc12. The summed E-state index contributed by atoms with van der Waals surface area (Å²) in [4.78, 5) is 30.9. The molecule has 0 saturated heterocycles. The highest BCUT2D eigenvalue weighted by Gasteiger charge is 2.18. The molecule has 3 aromatic carbocycles. The molecule has 0 fully saturated rings. The summed E-state index contributed by atoms with van der Waals surface area (Å²) in [6, 6.07) is 20.1. The molecule has 0 N–H and O–H groups in total. The summed E-state index contributed by atoms with van der Waals surface area (Å²) in [5, 5.41) is 10.1. The first kappa shape index (κ1) is 21.2. The van der Waals surface area contributed by atoms with Crippen LogP contribution in [0.15, 0.2) is 87.5 Å². The van der Waals surface area contributed by atoms with E-state index in [1.54, 1.807) is 43.4 Å². The Morgan fingerprint density at radius 2 is 1.57 bits per heavy atom. The number of fused-ring (bicyclic) bond motifs is 4. The molecule has 3 heterocycles. The summed E-state index contributed by atoms with van der Waals surface area (Å²) < 4.78 is 18.4. The van der Waals surface area contributed by atoms with Crippen LogP contribution in [0.2, 0.25) is 0 Å². The maximum Gasteiger partial charge on any atom is 0.265 e. The molecular weight excluding hydrogens is 467 g/mol. The fourth-order valence-corrected chi connectivity index (χ4v) is 5.03. The highest BCUT2D eigenvalue weighted by molar-refractivity contribution is 7.98. The van der Waals surface area contributed by atoms with Crippen LogP contribution in [0.3, 0.4) is 0 Å². The van der Waals surface area contributed by atoms with Crippen molar-refractivity contribution < 1.29 is 4.39 Å². The zero-order chi connectivity index (χ0) is 24.1. The van der Waals surface area contributed by atoms with Gasteiger partial charge in [-0.3, -0.25) is 23.1 Å². The van der Waals surface area contributed by atoms with Gasteiger partial charge in [0.05, 0.1) is 33.2 Å². The molecule has 6 rings (SSSR count). The zero-order valence-electron chi connectivity index (χ0n) is 18.4. The molecule has 0 amide bonds. The average molecular weight is 485 g/mol. The number of aryl methyl sites for hydroxylation is 1. The Morgan fingerprint density at radius 1 is 0.857 bits per heavy atom. The highest BCUT2D eigenvalue weighted by Crippen LogP contribution is 2.25. The van der Waals surface area contributed by atoms with Gasteiger partial charge in [0, 0.05) is 7.05 Å². The molecule has 0 spiro atoms. The van der Waals surface area contributed by atoms with Gasteiger partial charge >= 0.3 is 0 Å². The number of benzene rings is 3. The van der Waals surface area contributed by atoms with Gasteiger partial charge in [-0.2, -0.15) is 0 Å². The molecule has 8 nitrogen and oxygen atoms in total. The Hall–Kier alpha value is -4.31. The zero-order valence-corrected chi connectivity index (χ0v) is 19.2. The number of rotatable bonds is 4. The largest absolute Gasteiger partial charge is 0.279 e. The van der Waals surface area contributed by atoms with E-state index in [1.807, 2.05) is 28.7 Å². The summed E-state index contributed by atoms with van der Waals surface area (Å²) >= 11 is 1.35. The predicted octanol–water partition coefficient (Wildman–Crippen LogP) is 3.71. The van der Waals surface area contributed by atoms with Crippen molar-refractivity contribution in [2.75, 3.05) is 0 Å². The molecule has 0 saturated carbocycles. The van der Waals surface area contributed by atoms with Crippen molar-refractivity contribution in [3.63, 3.8) is 0 Å². The van der Waals surface area contributed by atoms with Gasteiger partial charge in [0.15, 0.2) is 5.16 Å². The Labute approximate surface area is 201 Å². The van der Waals surface area contributed by atoms with Gasteiger partial charge in [-0.05, 0) is 48.5 Å². The third-order valence-corrected chi connectivity index (χ3v) is 6.78. The van der Waals surface area contributed by atoms with Crippen LogP contribution in [0.25, 0.3) is 33.3 Å². The summed E-state index contributed by atoms with van der Waals surface area (Å²) in [5.74, 6) is 0.795. The molecule has 0 atom stereocenters. The van der Waals surface area contributed by atoms with E-state index in [9.17, 15) is 14.0 Å². The quantitative estimate of drug-likeness (QED) is 0.355. The van der Waals surface area contributed by atoms with Crippen LogP contribution < -0.4 is 11.1 Å². The molecule has 0 unspecified atom stereocenters. The first-order chi connectivity index (χ1) is 17.0. The summed E-state index contributed by atoms with van der Waals surface area (Å²) in [6.45, 7) is 0. The number of nitrogens with zero attached hydrogens (tertiary/aromatic N) is 6. The Kier molecular flexibility index (Phi) is 4.96. The van der Waals surface area contributed by atoms with Crippen molar-refractivity contribution in [1.82, 2.24) is 28.7 Å². The van der Waals surface area contributed by atoms with Crippen LogP contribution in [-0.2, 0) is 12.8 Å². The number of aromatic nitrogens is 6. The van der Waals surface area contributed by atoms with E-state index in [2.05, 4.69) is 10.2 Å². The highest BCUT2D eigenvalue weighted by atomic mass is 32.2. The number of para-hydroxylation sites is 2. The molecule has 0 aliphatic carbocycles. The van der Waals surface area contributed by atoms with Crippen molar-refractivity contribution in [3.8, 4) is 5.69 Å². The normalized spacial score (nSPS) is 11.6. The smallest absolute Gasteiger partial charge is 0.265 e. The second kappa shape index (κ2) is 8.17. The first-order valence-corrected chi connectivity index (χ1v) is 11.7. The van der Waals surface area contributed by atoms with Crippen LogP contribution in [0.1, 0.15) is 5.82 Å². The summed E-state index contributed by atoms with van der Waals surface area (Å²) in [6.07, 6.45) is 0. The van der Waals surface area contributed by atoms with E-state index >= 15 is 0 Å². The van der Waals surface area contributed by atoms with Crippen molar-refractivity contribution in [3.05, 3.63) is 105 Å². The van der Waals surface area contributed by atoms with Crippen LogP contribution in [-0.4, -0.2) is 28.7 Å². The lowest BCUT2D eigenvalue weighted by Crippen LogP contribution is -2.23. The van der Waals surface area contributed by atoms with Crippen molar-refractivity contribution in [2.45, 2.75) is 10.9 Å². The van der Waals surface area contributed by atoms with Gasteiger partial charge < -0.3 is 0 Å². The van der Waals surface area contributed by atoms with E-state index in [4.69, 9.17) is 4.98 Å². The van der Waals surface area contributed by atoms with Gasteiger partial charge in [0.1, 0.15) is 11.6 Å². The maximum atomic E-state index is 13.6. The lowest BCUT2D eigenvalue weighted by molar-refractivity contribution is 0.627. The number of hydrogen-bond donors (Lipinski definition) is 0. The van der Waals surface area contributed by atoms with Gasteiger partial charge in [0.25, 0.3) is 11.1 Å². The van der Waals surface area contributed by atoms with Crippen molar-refractivity contribution in [2.24, 2.45) is 7.05 Å². The van der Waals surface area contributed by atoms with Gasteiger partial charge in [-0.15, -0.1) is 10.2 Å². The molecular formula is C25H17FN6O2S. The van der Waals surface area contributed by atoms with Crippen molar-refractivity contribution >= 4 is 39.3 Å². The fraction of sp³-hybridized carbons (Fsp3) is 0.0800. The lowest BCUT2D eigenvalue weighted by Gasteiger charge is -2.13. The topological polar surface area (TPSA) is 87.1 Å². The molecule has 0 aliphatic heterocycles. The molecule has 0 aliphatic rings. The average Bonchev–Trinajstić information content (AvgIpc) is 3.31. The molecule has 0 bridgehead atoms. The first-order valence-electron chi connectivity index (χ1n) is 10.8. The molecule has 0 radical (unpaired) electrons. The van der Waals surface area contributed by atoms with Crippen LogP contribution in [0.4, 0.5) is 4.39 Å². The third kappa shape index (κ3) is 3.41. The summed E-state index contributed by atoms with van der Waals surface area (Å²) in [7, 11) is 1.66. The second-order valence-corrected chi connectivity index (χ2v) is 8.89. The number of thioether (sulfide) groups is 1. The third-order valence-electron chi connectivity index (χ3n) is 5.86. The minimum absolute atomic E-state index is 0.154. The molecule has 172 valence electrons. The molecule has 10 heteroatoms. The van der Waals surface area contributed by atoms with Crippen LogP contribution in [0, 0.1) is 5.82 Å². The standard InChI is InChI=1S/C25H17FN6O2S/c1-30-22(33)18-7-3-5-9-20(18)32-24(30)28-29-25(32)35-14-21-27-19-8-4-2-6-17(19)23(34)31(21)16-12-10-15(26)11-13-16/h2-13H,14H2,1H3. The van der Waals surface area contributed by atoms with E-state index in [0.29, 0.717) is 44.3 Å². The summed E-state index contributed by atoms with van der Waals surface area (Å²) in [5.41, 5.74) is 1.39. The molecule has 35 heavy (non-hydrogen) atoms. The minimum atomic E-state index is -0.390. The Bertz CT molecular complexity index is 1870. The van der Waals surface area contributed by atoms with Gasteiger partial charge in [-0.1, -0.05) is 36.0 Å². The molecule has 3 aromatic heterocycles. The Morgan fingerprint density at radius 3 is 2.37 bits per heavy atom. The van der Waals surface area contributed by atoms with E-state index in [0.717, 1.165) is 0 Å². The Balaban J connectivity index is 1.51. The maximum absolute atomic E-state index is 13.6. The van der Waals surface area contributed by atoms with Crippen molar-refractivity contribution in [1.29, 1.82) is 0 Å². The van der Waals surface area contributed by atoms with Crippen LogP contribution in [0.5, 0.6) is 0 Å². The fourth-order valence-electron chi connectivity index (χ4n) is 4.17. The van der Waals surface area contributed by atoms with E-state index in [-0.39, 0.29) is 22.7 Å². The minimum Gasteiger partial charge on any atom is -0.279 e. The van der Waals surface area contributed by atoms with Gasteiger partial charge in [-0.25, -0.2) is 9.37 Å². The van der Waals surface area contributed by atoms with Crippen LogP contribution >= 0.6 is 11.8 Å². The number of hydrogen-bond acceptors (Lipinski definition) is 6. The van der Waals surface area contributed by atoms with E-state index in [1.165, 1.54) is 33.0 Å². The monoisotopic (exact) mass is 484 g/mol. The second-order valence-electron chi connectivity index (χ2n) is 7.95. The van der Waals surface area contributed by atoms with Gasteiger partial charge in [0.2, 0.25) is 5.78 Å². The van der Waals surface area contributed by atoms with E-state index < -0.39 is 0 Å². The lowest BCUT2D eigenvalue weighted by atomic mass is 10.2. The predicted molar refractivity (Wildman–Crippen MR) is 133 cm³/mol. The number of halogens is 1. The molecule has 6 aromatic rings.